The zero-order chi connectivity index (χ0) is 26.2. The van der Waals surface area contributed by atoms with E-state index in [1.165, 1.54) is 4.68 Å². The van der Waals surface area contributed by atoms with Gasteiger partial charge in [0.15, 0.2) is 11.6 Å². The molecule has 0 radical (unpaired) electrons. The maximum atomic E-state index is 14.6. The molecule has 0 unspecified atom stereocenters. The summed E-state index contributed by atoms with van der Waals surface area (Å²) >= 11 is 6.52. The summed E-state index contributed by atoms with van der Waals surface area (Å²) in [4.78, 5) is 24.3. The van der Waals surface area contributed by atoms with Crippen molar-refractivity contribution in [1.29, 1.82) is 0 Å². The van der Waals surface area contributed by atoms with E-state index in [-0.39, 0.29) is 5.82 Å². The van der Waals surface area contributed by atoms with Crippen LogP contribution in [0.2, 0.25) is 5.02 Å². The normalized spacial score (nSPS) is 19.4. The molecule has 5 rings (SSSR count). The molecular weight excluding hydrogens is 497 g/mol. The van der Waals surface area contributed by atoms with Crippen LogP contribution in [-0.2, 0) is 14.9 Å². The fraction of sp³-hybridized carbons (Fsp3) is 0.250. The van der Waals surface area contributed by atoms with Crippen LogP contribution < -0.4 is 5.32 Å². The smallest absolute Gasteiger partial charge is 0.413 e. The number of nitrogens with zero attached hydrogens (tertiary/aromatic N) is 2. The lowest BCUT2D eigenvalue weighted by molar-refractivity contribution is -0.140. The van der Waals surface area contributed by atoms with Crippen LogP contribution >= 0.6 is 11.6 Å². The van der Waals surface area contributed by atoms with E-state index in [2.05, 4.69) is 10.4 Å². The number of aliphatic carboxylic acids is 1. The molecule has 7 nitrogen and oxygen atoms in total. The fourth-order valence-electron chi connectivity index (χ4n) is 4.58. The minimum absolute atomic E-state index is 0.134. The molecule has 37 heavy (non-hydrogen) atoms. The molecule has 2 aliphatic carbocycles. The van der Waals surface area contributed by atoms with Crippen molar-refractivity contribution >= 4 is 29.5 Å². The maximum absolute atomic E-state index is 14.6. The van der Waals surface area contributed by atoms with Crippen molar-refractivity contribution < 1.29 is 23.8 Å². The van der Waals surface area contributed by atoms with E-state index in [1.54, 1.807) is 36.4 Å². The Balaban J connectivity index is 1.35. The van der Waals surface area contributed by atoms with Gasteiger partial charge in [-0.3, -0.25) is 10.1 Å². The molecule has 0 bridgehead atoms. The first-order chi connectivity index (χ1) is 17.8. The number of carbonyl (C=O) groups excluding carboxylic acids is 1. The molecule has 9 heteroatoms. The second-order valence-corrected chi connectivity index (χ2v) is 9.71. The molecule has 0 spiro atoms. The van der Waals surface area contributed by atoms with E-state index < -0.39 is 28.9 Å². The second kappa shape index (κ2) is 9.52. The van der Waals surface area contributed by atoms with Crippen LogP contribution in [-0.4, -0.2) is 32.6 Å². The van der Waals surface area contributed by atoms with E-state index in [4.69, 9.17) is 16.3 Å². The lowest BCUT2D eigenvalue weighted by atomic mass is 9.92. The van der Waals surface area contributed by atoms with Crippen LogP contribution in [0.25, 0.3) is 16.8 Å². The van der Waals surface area contributed by atoms with Crippen molar-refractivity contribution in [2.75, 3.05) is 5.32 Å². The largest absolute Gasteiger partial charge is 0.481 e. The highest BCUT2D eigenvalue weighted by molar-refractivity contribution is 6.33. The van der Waals surface area contributed by atoms with Crippen molar-refractivity contribution in [3.05, 3.63) is 89.4 Å². The molecule has 2 N–H and O–H groups in total. The molecule has 3 aromatic rings. The monoisotopic (exact) mass is 521 g/mol. The van der Waals surface area contributed by atoms with Crippen LogP contribution in [0.15, 0.2) is 73.0 Å². The molecule has 190 valence electrons. The topological polar surface area (TPSA) is 93.5 Å². The average Bonchev–Trinajstić information content (AvgIpc) is 3.64. The highest BCUT2D eigenvalue weighted by Crippen LogP contribution is 2.49. The number of carboxylic acids is 1. The van der Waals surface area contributed by atoms with E-state index in [0.29, 0.717) is 42.0 Å². The van der Waals surface area contributed by atoms with Crippen LogP contribution in [0.1, 0.15) is 38.2 Å². The van der Waals surface area contributed by atoms with Gasteiger partial charge in [-0.25, -0.2) is 13.9 Å². The lowest BCUT2D eigenvalue weighted by Gasteiger charge is -2.29. The Morgan fingerprint density at radius 2 is 1.95 bits per heavy atom. The summed E-state index contributed by atoms with van der Waals surface area (Å²) in [5.74, 6) is -1.67. The van der Waals surface area contributed by atoms with Gasteiger partial charge in [0, 0.05) is 17.0 Å². The van der Waals surface area contributed by atoms with E-state index in [9.17, 15) is 19.1 Å². The van der Waals surface area contributed by atoms with Crippen molar-refractivity contribution in [3.63, 3.8) is 0 Å². The summed E-state index contributed by atoms with van der Waals surface area (Å²) < 4.78 is 21.5. The number of anilines is 1. The Morgan fingerprint density at radius 3 is 2.54 bits per heavy atom. The maximum Gasteiger partial charge on any atom is 0.413 e. The quantitative estimate of drug-likeness (QED) is 0.362. The standard InChI is InChI=1S/C28H25ClFN3O4/c1-2-27(12-4-3-5-13-27)37-26(36)32-24-23(30)17-31-33(24)20-9-6-18(7-10-20)21-11-8-19(16-22(21)29)28(14-15-28)25(34)35/h3-12,16-17H,2,13-15H2,1H3,(H,32,36)(H,34,35)/t27-/m0/s1. The van der Waals surface area contributed by atoms with Gasteiger partial charge >= 0.3 is 12.1 Å². The van der Waals surface area contributed by atoms with Crippen molar-refractivity contribution in [1.82, 2.24) is 9.78 Å². The number of allylic oxidation sites excluding steroid dienone is 2. The number of halogens is 2. The van der Waals surface area contributed by atoms with Gasteiger partial charge in [0.05, 0.1) is 17.3 Å². The Hall–Kier alpha value is -3.91. The van der Waals surface area contributed by atoms with Gasteiger partial charge in [-0.05, 0) is 54.7 Å². The third kappa shape index (κ3) is 4.64. The predicted molar refractivity (Wildman–Crippen MR) is 139 cm³/mol. The minimum atomic E-state index is -0.836. The molecule has 2 aliphatic rings. The van der Waals surface area contributed by atoms with Gasteiger partial charge in [0.1, 0.15) is 5.60 Å². The highest BCUT2D eigenvalue weighted by Gasteiger charge is 2.51. The molecular formula is C28H25ClFN3O4. The molecule has 1 saturated carbocycles. The first-order valence-electron chi connectivity index (χ1n) is 12.0. The van der Waals surface area contributed by atoms with Gasteiger partial charge in [0.25, 0.3) is 0 Å². The zero-order valence-electron chi connectivity index (χ0n) is 20.1. The molecule has 1 aromatic heterocycles. The van der Waals surface area contributed by atoms with Crippen molar-refractivity contribution in [3.8, 4) is 16.8 Å². The van der Waals surface area contributed by atoms with Crippen molar-refractivity contribution in [2.24, 2.45) is 0 Å². The van der Waals surface area contributed by atoms with Gasteiger partial charge in [-0.1, -0.05) is 61.0 Å². The first kappa shape index (κ1) is 24.8. The third-order valence-electron chi connectivity index (χ3n) is 7.05. The van der Waals surface area contributed by atoms with E-state index in [1.807, 2.05) is 37.3 Å². The number of benzene rings is 2. The molecule has 0 aliphatic heterocycles. The number of ether oxygens (including phenoxy) is 1. The predicted octanol–water partition coefficient (Wildman–Crippen LogP) is 6.66. The van der Waals surface area contributed by atoms with Crippen LogP contribution in [0, 0.1) is 5.82 Å². The summed E-state index contributed by atoms with van der Waals surface area (Å²) in [6, 6.07) is 12.4. The number of hydrogen-bond acceptors (Lipinski definition) is 4. The van der Waals surface area contributed by atoms with E-state index >= 15 is 0 Å². The Morgan fingerprint density at radius 1 is 1.19 bits per heavy atom. The molecule has 1 heterocycles. The number of amides is 1. The summed E-state index contributed by atoms with van der Waals surface area (Å²) in [6.07, 6.45) is 10.0. The Labute approximate surface area is 218 Å². The van der Waals surface area contributed by atoms with Crippen LogP contribution in [0.4, 0.5) is 15.0 Å². The summed E-state index contributed by atoms with van der Waals surface area (Å²) in [7, 11) is 0. The molecule has 1 atom stereocenters. The number of aromatic nitrogens is 2. The number of hydrogen-bond donors (Lipinski definition) is 2. The third-order valence-corrected chi connectivity index (χ3v) is 7.37. The van der Waals surface area contributed by atoms with Gasteiger partial charge in [-0.15, -0.1) is 0 Å². The van der Waals surface area contributed by atoms with Gasteiger partial charge in [0.2, 0.25) is 0 Å². The first-order valence-corrected chi connectivity index (χ1v) is 12.4. The zero-order valence-corrected chi connectivity index (χ0v) is 20.8. The average molecular weight is 522 g/mol. The number of carboxylic acid groups (broad SMARTS) is 1. The van der Waals surface area contributed by atoms with E-state index in [0.717, 1.165) is 17.3 Å². The molecule has 1 fully saturated rings. The molecule has 2 aromatic carbocycles. The summed E-state index contributed by atoms with van der Waals surface area (Å²) in [6.45, 7) is 1.92. The van der Waals surface area contributed by atoms with Gasteiger partial charge < -0.3 is 9.84 Å². The second-order valence-electron chi connectivity index (χ2n) is 9.31. The lowest BCUT2D eigenvalue weighted by Crippen LogP contribution is -2.35. The number of rotatable bonds is 7. The minimum Gasteiger partial charge on any atom is -0.481 e. The summed E-state index contributed by atoms with van der Waals surface area (Å²) in [5, 5.41) is 16.6. The van der Waals surface area contributed by atoms with Gasteiger partial charge in [-0.2, -0.15) is 5.10 Å². The van der Waals surface area contributed by atoms with Crippen LogP contribution in [0.3, 0.4) is 0 Å². The SMILES string of the molecule is CC[C@]1(OC(=O)Nc2c(F)cnn2-c2ccc(-c3ccc(C4(C(=O)O)CC4)cc3Cl)cc2)C=CC=CC1. The number of carbonyl (C=O) groups is 2. The molecule has 0 saturated heterocycles. The van der Waals surface area contributed by atoms with Crippen LogP contribution in [0.5, 0.6) is 0 Å². The fourth-order valence-corrected chi connectivity index (χ4v) is 4.87. The van der Waals surface area contributed by atoms with Crippen molar-refractivity contribution in [2.45, 2.75) is 43.6 Å². The highest BCUT2D eigenvalue weighted by atomic mass is 35.5. The number of nitrogens with one attached hydrogen (secondary N) is 1. The Kier molecular flexibility index (Phi) is 6.37. The summed E-state index contributed by atoms with van der Waals surface area (Å²) in [5.41, 5.74) is 1.14. The Bertz CT molecular complexity index is 1430. The molecule has 1 amide bonds.